The van der Waals surface area contributed by atoms with Crippen molar-refractivity contribution < 1.29 is 9.18 Å². The molecule has 1 aromatic heterocycles. The fourth-order valence-corrected chi connectivity index (χ4v) is 3.93. The number of hydrogen-bond acceptors (Lipinski definition) is 4. The lowest BCUT2D eigenvalue weighted by atomic mass is 9.97. The second-order valence-electron chi connectivity index (χ2n) is 7.52. The lowest BCUT2D eigenvalue weighted by Gasteiger charge is -2.33. The summed E-state index contributed by atoms with van der Waals surface area (Å²) in [4.78, 5) is 27.0. The Morgan fingerprint density at radius 3 is 2.81 bits per heavy atom. The van der Waals surface area contributed by atoms with Gasteiger partial charge in [-0.1, -0.05) is 35.9 Å². The van der Waals surface area contributed by atoms with E-state index >= 15 is 0 Å². The minimum atomic E-state index is -0.440. The van der Waals surface area contributed by atoms with Crippen molar-refractivity contribution in [2.24, 2.45) is 5.92 Å². The molecule has 1 saturated heterocycles. The van der Waals surface area contributed by atoms with E-state index in [1.807, 2.05) is 23.1 Å². The molecule has 0 radical (unpaired) electrons. The highest BCUT2D eigenvalue weighted by atomic mass is 35.5. The van der Waals surface area contributed by atoms with E-state index in [-0.39, 0.29) is 17.4 Å². The first-order chi connectivity index (χ1) is 15.0. The second-order valence-corrected chi connectivity index (χ2v) is 7.92. The average Bonchev–Trinajstić information content (AvgIpc) is 2.79. The Kier molecular flexibility index (Phi) is 6.32. The van der Waals surface area contributed by atoms with Gasteiger partial charge in [0.2, 0.25) is 5.91 Å². The molecule has 1 atom stereocenters. The number of aromatic nitrogens is 2. The molecule has 0 unspecified atom stereocenters. The van der Waals surface area contributed by atoms with E-state index in [2.05, 4.69) is 10.4 Å². The van der Waals surface area contributed by atoms with E-state index in [0.29, 0.717) is 29.6 Å². The molecule has 1 N–H and O–H groups in total. The molecule has 1 aliphatic rings. The van der Waals surface area contributed by atoms with Gasteiger partial charge in [0.05, 0.1) is 11.6 Å². The highest BCUT2D eigenvalue weighted by molar-refractivity contribution is 6.31. The number of amides is 1. The molecule has 2 heterocycles. The van der Waals surface area contributed by atoms with Gasteiger partial charge >= 0.3 is 0 Å². The number of hydrogen-bond donors (Lipinski definition) is 1. The van der Waals surface area contributed by atoms with Crippen molar-refractivity contribution in [2.75, 3.05) is 18.0 Å². The Morgan fingerprint density at radius 1 is 1.16 bits per heavy atom. The summed E-state index contributed by atoms with van der Waals surface area (Å²) in [6, 6.07) is 16.2. The molecule has 6 nitrogen and oxygen atoms in total. The molecule has 1 fully saturated rings. The van der Waals surface area contributed by atoms with E-state index in [0.717, 1.165) is 24.9 Å². The lowest BCUT2D eigenvalue weighted by Crippen LogP contribution is -2.43. The molecule has 4 rings (SSSR count). The Hall–Kier alpha value is -3.19. The van der Waals surface area contributed by atoms with Gasteiger partial charge in [-0.25, -0.2) is 4.39 Å². The first-order valence-corrected chi connectivity index (χ1v) is 10.5. The van der Waals surface area contributed by atoms with Crippen LogP contribution >= 0.6 is 11.6 Å². The monoisotopic (exact) mass is 440 g/mol. The minimum absolute atomic E-state index is 0.0388. The molecule has 8 heteroatoms. The Labute approximate surface area is 184 Å². The van der Waals surface area contributed by atoms with E-state index in [4.69, 9.17) is 11.6 Å². The summed E-state index contributed by atoms with van der Waals surface area (Å²) in [5.41, 5.74) is 0.882. The predicted octanol–water partition coefficient (Wildman–Crippen LogP) is 3.56. The number of piperidine rings is 1. The molecule has 2 aromatic carbocycles. The Balaban J connectivity index is 1.47. The second kappa shape index (κ2) is 9.31. The zero-order valence-electron chi connectivity index (χ0n) is 16.8. The molecule has 3 aromatic rings. The van der Waals surface area contributed by atoms with Crippen molar-refractivity contribution in [1.29, 1.82) is 0 Å². The molecule has 0 bridgehead atoms. The maximum absolute atomic E-state index is 13.6. The van der Waals surface area contributed by atoms with Crippen molar-refractivity contribution in [1.82, 2.24) is 15.1 Å². The highest BCUT2D eigenvalue weighted by Gasteiger charge is 2.27. The minimum Gasteiger partial charge on any atom is -0.354 e. The molecule has 0 spiro atoms. The van der Waals surface area contributed by atoms with Crippen LogP contribution in [0.3, 0.4) is 0 Å². The van der Waals surface area contributed by atoms with E-state index < -0.39 is 5.82 Å². The van der Waals surface area contributed by atoms with Gasteiger partial charge in [0, 0.05) is 30.7 Å². The van der Waals surface area contributed by atoms with Gasteiger partial charge in [-0.2, -0.15) is 4.68 Å². The van der Waals surface area contributed by atoms with Crippen molar-refractivity contribution in [3.05, 3.63) is 87.4 Å². The van der Waals surface area contributed by atoms with Crippen LogP contribution < -0.4 is 15.8 Å². The topological polar surface area (TPSA) is 67.2 Å². The van der Waals surface area contributed by atoms with Crippen LogP contribution in [-0.2, 0) is 11.3 Å². The first kappa shape index (κ1) is 21.1. The largest absolute Gasteiger partial charge is 0.354 e. The number of halogens is 2. The molecule has 0 aliphatic carbocycles. The van der Waals surface area contributed by atoms with E-state index in [9.17, 15) is 14.0 Å². The first-order valence-electron chi connectivity index (χ1n) is 10.1. The Bertz CT molecular complexity index is 1150. The third-order valence-corrected chi connectivity index (χ3v) is 5.73. The number of benzene rings is 2. The standard InChI is InChI=1S/C23H22ClFN4O2/c24-20-9-2-1-5-16(20)14-26-23(31)17-6-4-12-28(15-17)21-10-11-22(30)29(27-21)19-8-3-7-18(25)13-19/h1-3,5,7-11,13,17H,4,6,12,14-15H2,(H,26,31)/t17-/m1/s1. The number of rotatable bonds is 5. The third kappa shape index (κ3) is 4.94. The summed E-state index contributed by atoms with van der Waals surface area (Å²) in [7, 11) is 0. The smallest absolute Gasteiger partial charge is 0.271 e. The third-order valence-electron chi connectivity index (χ3n) is 5.37. The molecule has 1 aliphatic heterocycles. The SMILES string of the molecule is O=C(NCc1ccccc1Cl)[C@@H]1CCCN(c2ccc(=O)n(-c3cccc(F)c3)n2)C1. The number of carbonyl (C=O) groups is 1. The summed E-state index contributed by atoms with van der Waals surface area (Å²) in [5, 5.41) is 8.01. The lowest BCUT2D eigenvalue weighted by molar-refractivity contribution is -0.125. The van der Waals surface area contributed by atoms with Crippen LogP contribution in [0, 0.1) is 11.7 Å². The van der Waals surface area contributed by atoms with Gasteiger partial charge in [-0.15, -0.1) is 5.10 Å². The molecule has 160 valence electrons. The molecule has 0 saturated carbocycles. The number of carbonyl (C=O) groups excluding carboxylic acids is 1. The summed E-state index contributed by atoms with van der Waals surface area (Å²) in [6.45, 7) is 1.59. The normalized spacial score (nSPS) is 16.2. The molecular formula is C23H22ClFN4O2. The van der Waals surface area contributed by atoms with Crippen molar-refractivity contribution in [2.45, 2.75) is 19.4 Å². The average molecular weight is 441 g/mol. The maximum Gasteiger partial charge on any atom is 0.271 e. The van der Waals surface area contributed by atoms with Crippen molar-refractivity contribution >= 4 is 23.3 Å². The van der Waals surface area contributed by atoms with E-state index in [1.54, 1.807) is 18.2 Å². The molecule has 31 heavy (non-hydrogen) atoms. The highest BCUT2D eigenvalue weighted by Crippen LogP contribution is 2.22. The van der Waals surface area contributed by atoms with Gasteiger partial charge in [0.15, 0.2) is 0 Å². The summed E-state index contributed by atoms with van der Waals surface area (Å²) < 4.78 is 14.8. The summed E-state index contributed by atoms with van der Waals surface area (Å²) >= 11 is 6.17. The molecule has 1 amide bonds. The van der Waals surface area contributed by atoms with Gasteiger partial charge in [0.25, 0.3) is 5.56 Å². The van der Waals surface area contributed by atoms with Crippen LogP contribution in [0.1, 0.15) is 18.4 Å². The van der Waals surface area contributed by atoms with Crippen molar-refractivity contribution in [3.63, 3.8) is 0 Å². The van der Waals surface area contributed by atoms with Crippen LogP contribution in [0.15, 0.2) is 65.5 Å². The van der Waals surface area contributed by atoms with Gasteiger partial charge in [-0.05, 0) is 48.7 Å². The quantitative estimate of drug-likeness (QED) is 0.658. The van der Waals surface area contributed by atoms with Crippen LogP contribution in [0.25, 0.3) is 5.69 Å². The fourth-order valence-electron chi connectivity index (χ4n) is 3.73. The summed E-state index contributed by atoms with van der Waals surface area (Å²) in [6.07, 6.45) is 1.60. The number of nitrogens with zero attached hydrogens (tertiary/aromatic N) is 3. The maximum atomic E-state index is 13.6. The van der Waals surface area contributed by atoms with Crippen molar-refractivity contribution in [3.8, 4) is 5.69 Å². The van der Waals surface area contributed by atoms with Crippen LogP contribution in [0.4, 0.5) is 10.2 Å². The summed E-state index contributed by atoms with van der Waals surface area (Å²) in [5.74, 6) is -0.104. The van der Waals surface area contributed by atoms with E-state index in [1.165, 1.54) is 28.9 Å². The van der Waals surface area contributed by atoms with Crippen LogP contribution in [0.5, 0.6) is 0 Å². The van der Waals surface area contributed by atoms with Gasteiger partial charge < -0.3 is 10.2 Å². The zero-order chi connectivity index (χ0) is 21.8. The van der Waals surface area contributed by atoms with Crippen LogP contribution in [0.2, 0.25) is 5.02 Å². The fraction of sp³-hybridized carbons (Fsp3) is 0.261. The zero-order valence-corrected chi connectivity index (χ0v) is 17.6. The Morgan fingerprint density at radius 2 is 2.00 bits per heavy atom. The number of anilines is 1. The molecular weight excluding hydrogens is 419 g/mol. The van der Waals surface area contributed by atoms with Gasteiger partial charge in [-0.3, -0.25) is 9.59 Å². The predicted molar refractivity (Wildman–Crippen MR) is 118 cm³/mol. The number of nitrogens with one attached hydrogen (secondary N) is 1. The van der Waals surface area contributed by atoms with Gasteiger partial charge in [0.1, 0.15) is 11.6 Å². The van der Waals surface area contributed by atoms with Crippen LogP contribution in [-0.4, -0.2) is 28.8 Å².